The van der Waals surface area contributed by atoms with Crippen LogP contribution in [0.2, 0.25) is 0 Å². The molecule has 0 radical (unpaired) electrons. The summed E-state index contributed by atoms with van der Waals surface area (Å²) in [5.41, 5.74) is 16.7. The van der Waals surface area contributed by atoms with Gasteiger partial charge in [0.1, 0.15) is 0 Å². The lowest BCUT2D eigenvalue weighted by molar-refractivity contribution is 0.394. The van der Waals surface area contributed by atoms with Gasteiger partial charge < -0.3 is 0 Å². The van der Waals surface area contributed by atoms with E-state index in [1.165, 1.54) is 50.2 Å². The Balaban J connectivity index is 1.04. The molecule has 2 unspecified atom stereocenters. The fourth-order valence-corrected chi connectivity index (χ4v) is 8.48. The van der Waals surface area contributed by atoms with Gasteiger partial charge >= 0.3 is 0 Å². The van der Waals surface area contributed by atoms with E-state index in [1.54, 1.807) is 0 Å². The summed E-state index contributed by atoms with van der Waals surface area (Å²) < 4.78 is 0. The molecular weight excluding hydrogens is 581 g/mol. The molecule has 4 aromatic carbocycles. The molecule has 0 spiro atoms. The van der Waals surface area contributed by atoms with Gasteiger partial charge in [-0.05, 0) is 80.6 Å². The second-order valence-corrected chi connectivity index (χ2v) is 14.7. The van der Waals surface area contributed by atoms with Crippen LogP contribution in [0.5, 0.6) is 0 Å². The van der Waals surface area contributed by atoms with Gasteiger partial charge in [0.05, 0.1) is 22.8 Å². The van der Waals surface area contributed by atoms with Crippen LogP contribution in [-0.2, 0) is 10.8 Å². The van der Waals surface area contributed by atoms with Crippen molar-refractivity contribution in [2.75, 3.05) is 0 Å². The van der Waals surface area contributed by atoms with E-state index in [4.69, 9.17) is 9.97 Å². The number of allylic oxidation sites excluding steroid dienone is 4. The van der Waals surface area contributed by atoms with E-state index in [0.717, 1.165) is 28.2 Å². The summed E-state index contributed by atoms with van der Waals surface area (Å²) in [6, 6.07) is 44.2. The maximum absolute atomic E-state index is 5.29. The fraction of sp³-hybridized carbons (Fsp3) is 0.174. The summed E-state index contributed by atoms with van der Waals surface area (Å²) in [5, 5.41) is 0. The molecule has 2 atom stereocenters. The summed E-state index contributed by atoms with van der Waals surface area (Å²) in [6.07, 6.45) is 9.04. The molecule has 0 bridgehead atoms. The largest absolute Gasteiger partial charge is 0.252 e. The highest BCUT2D eigenvalue weighted by molar-refractivity contribution is 5.82. The first-order valence-corrected chi connectivity index (χ1v) is 17.1. The number of aromatic nitrogens is 2. The van der Waals surface area contributed by atoms with Crippen molar-refractivity contribution in [2.24, 2.45) is 5.92 Å². The van der Waals surface area contributed by atoms with Crippen molar-refractivity contribution in [3.05, 3.63) is 168 Å². The summed E-state index contributed by atoms with van der Waals surface area (Å²) in [5.74, 6) is 0.792. The molecule has 3 aliphatic rings. The van der Waals surface area contributed by atoms with Crippen molar-refractivity contribution in [1.82, 2.24) is 9.97 Å². The molecule has 0 saturated heterocycles. The van der Waals surface area contributed by atoms with Crippen molar-refractivity contribution in [3.63, 3.8) is 0 Å². The molecule has 2 heteroatoms. The fourth-order valence-electron chi connectivity index (χ4n) is 8.48. The number of hydrogen-bond acceptors (Lipinski definition) is 2. The Morgan fingerprint density at radius 2 is 1.02 bits per heavy atom. The third kappa shape index (κ3) is 4.39. The topological polar surface area (TPSA) is 25.8 Å². The summed E-state index contributed by atoms with van der Waals surface area (Å²) in [6.45, 7) is 9.30. The Kier molecular flexibility index (Phi) is 6.36. The highest BCUT2D eigenvalue weighted by Crippen LogP contribution is 2.52. The van der Waals surface area contributed by atoms with E-state index in [9.17, 15) is 0 Å². The second-order valence-electron chi connectivity index (χ2n) is 14.7. The zero-order valence-corrected chi connectivity index (χ0v) is 27.9. The Hall–Kier alpha value is -5.34. The van der Waals surface area contributed by atoms with Crippen LogP contribution in [0.15, 0.2) is 146 Å². The first kappa shape index (κ1) is 28.8. The van der Waals surface area contributed by atoms with Crippen molar-refractivity contribution in [3.8, 4) is 56.0 Å². The van der Waals surface area contributed by atoms with Crippen LogP contribution in [0, 0.1) is 5.92 Å². The lowest BCUT2D eigenvalue weighted by Crippen LogP contribution is -2.24. The number of nitrogens with zero attached hydrogens (tertiary/aromatic N) is 2. The van der Waals surface area contributed by atoms with E-state index in [0.29, 0.717) is 11.8 Å². The van der Waals surface area contributed by atoms with Gasteiger partial charge in [0.15, 0.2) is 0 Å². The maximum Gasteiger partial charge on any atom is 0.0753 e. The average molecular weight is 619 g/mol. The lowest BCUT2D eigenvalue weighted by atomic mass is 9.74. The van der Waals surface area contributed by atoms with Crippen LogP contribution in [0.4, 0.5) is 0 Å². The predicted octanol–water partition coefficient (Wildman–Crippen LogP) is 11.6. The minimum absolute atomic E-state index is 0.0437. The first-order chi connectivity index (χ1) is 23.3. The van der Waals surface area contributed by atoms with Crippen LogP contribution >= 0.6 is 0 Å². The van der Waals surface area contributed by atoms with Crippen LogP contribution in [0.1, 0.15) is 56.0 Å². The minimum atomic E-state index is -0.0437. The van der Waals surface area contributed by atoms with E-state index in [-0.39, 0.29) is 10.8 Å². The zero-order chi connectivity index (χ0) is 32.6. The van der Waals surface area contributed by atoms with Gasteiger partial charge in [-0.2, -0.15) is 0 Å². The Bertz CT molecular complexity index is 2320. The maximum atomic E-state index is 5.29. The molecule has 0 amide bonds. The number of rotatable bonds is 4. The summed E-state index contributed by atoms with van der Waals surface area (Å²) in [7, 11) is 0. The van der Waals surface area contributed by atoms with Crippen molar-refractivity contribution >= 4 is 0 Å². The average Bonchev–Trinajstić information content (AvgIpc) is 3.51. The molecule has 2 nitrogen and oxygen atoms in total. The molecule has 2 aromatic heterocycles. The molecular formula is C46H38N2. The van der Waals surface area contributed by atoms with Crippen LogP contribution < -0.4 is 0 Å². The Morgan fingerprint density at radius 3 is 1.69 bits per heavy atom. The van der Waals surface area contributed by atoms with Crippen molar-refractivity contribution in [2.45, 2.75) is 44.4 Å². The summed E-state index contributed by atoms with van der Waals surface area (Å²) >= 11 is 0. The van der Waals surface area contributed by atoms with Crippen molar-refractivity contribution < 1.29 is 0 Å². The van der Waals surface area contributed by atoms with Gasteiger partial charge in [-0.15, -0.1) is 0 Å². The van der Waals surface area contributed by atoms with Crippen molar-refractivity contribution in [1.29, 1.82) is 0 Å². The third-order valence-corrected chi connectivity index (χ3v) is 11.2. The number of hydrogen-bond donors (Lipinski definition) is 0. The van der Waals surface area contributed by atoms with Gasteiger partial charge in [0.2, 0.25) is 0 Å². The predicted molar refractivity (Wildman–Crippen MR) is 199 cm³/mol. The van der Waals surface area contributed by atoms with Gasteiger partial charge in [-0.3, -0.25) is 4.98 Å². The molecule has 0 aliphatic heterocycles. The molecule has 232 valence electrons. The van der Waals surface area contributed by atoms with E-state index in [1.807, 2.05) is 0 Å². The number of fused-ring (bicyclic) bond motifs is 6. The van der Waals surface area contributed by atoms with Crippen LogP contribution in [-0.4, -0.2) is 9.97 Å². The van der Waals surface area contributed by atoms with E-state index in [2.05, 4.69) is 173 Å². The monoisotopic (exact) mass is 618 g/mol. The first-order valence-electron chi connectivity index (χ1n) is 17.1. The lowest BCUT2D eigenvalue weighted by Gasteiger charge is -2.28. The minimum Gasteiger partial charge on any atom is -0.252 e. The van der Waals surface area contributed by atoms with Gasteiger partial charge in [0, 0.05) is 28.0 Å². The molecule has 6 aromatic rings. The standard InChI is InChI=1S/C46H38N2/c1-45(2)37-20-7-5-18-35(37)43-39(45)22-24-41(47-43)33-16-10-14-31(27-33)29-12-9-13-30(26-29)32-15-11-17-34(28-32)42-25-23-40-44(48-42)36-19-6-8-21-38(36)46(40,3)4/h5-28,35,37H,1-4H3. The second kappa shape index (κ2) is 10.6. The highest BCUT2D eigenvalue weighted by atomic mass is 14.8. The molecule has 0 N–H and O–H groups in total. The Morgan fingerprint density at radius 1 is 0.479 bits per heavy atom. The van der Waals surface area contributed by atoms with Crippen LogP contribution in [0.25, 0.3) is 56.0 Å². The van der Waals surface area contributed by atoms with Gasteiger partial charge in [-0.1, -0.05) is 143 Å². The normalized spacial score (nSPS) is 19.0. The number of pyridine rings is 2. The smallest absolute Gasteiger partial charge is 0.0753 e. The Labute approximate surface area is 283 Å². The summed E-state index contributed by atoms with van der Waals surface area (Å²) in [4.78, 5) is 10.5. The van der Waals surface area contributed by atoms with E-state index < -0.39 is 0 Å². The molecule has 0 saturated carbocycles. The molecule has 9 rings (SSSR count). The highest BCUT2D eigenvalue weighted by Gasteiger charge is 2.45. The molecule has 2 heterocycles. The van der Waals surface area contributed by atoms with Gasteiger partial charge in [0.25, 0.3) is 0 Å². The molecule has 48 heavy (non-hydrogen) atoms. The van der Waals surface area contributed by atoms with Crippen LogP contribution in [0.3, 0.4) is 0 Å². The SMILES string of the molecule is CC1(C)c2ccccc2-c2nc(-c3cccc(-c4cccc(-c5cccc(-c6ccc7c(n6)C6C=CC=CC6C7(C)C)c5)c4)c3)ccc21. The van der Waals surface area contributed by atoms with Gasteiger partial charge in [-0.25, -0.2) is 4.98 Å². The third-order valence-electron chi connectivity index (χ3n) is 11.2. The zero-order valence-electron chi connectivity index (χ0n) is 27.9. The quantitative estimate of drug-likeness (QED) is 0.196. The molecule has 3 aliphatic carbocycles. The van der Waals surface area contributed by atoms with E-state index >= 15 is 0 Å². The number of benzene rings is 4. The molecule has 0 fully saturated rings.